The van der Waals surface area contributed by atoms with E-state index in [1.165, 1.54) is 36.5 Å². The Kier molecular flexibility index (Phi) is 6.70. The Morgan fingerprint density at radius 3 is 2.55 bits per heavy atom. The van der Waals surface area contributed by atoms with Gasteiger partial charge in [0.2, 0.25) is 5.89 Å². The number of aryl methyl sites for hydroxylation is 1. The van der Waals surface area contributed by atoms with Gasteiger partial charge in [-0.05, 0) is 35.4 Å². The number of carbonyl (C=O) groups is 1. The lowest BCUT2D eigenvalue weighted by molar-refractivity contribution is -0.274. The number of alkyl halides is 3. The summed E-state index contributed by atoms with van der Waals surface area (Å²) in [5.74, 6) is 0.467. The Morgan fingerprint density at radius 1 is 1.19 bits per heavy atom. The quantitative estimate of drug-likeness (QED) is 0.549. The van der Waals surface area contributed by atoms with Crippen LogP contribution < -0.4 is 15.5 Å². The number of pyridine rings is 1. The average Bonchev–Trinajstić information content (AvgIpc) is 3.12. The van der Waals surface area contributed by atoms with Gasteiger partial charge in [0, 0.05) is 19.7 Å². The van der Waals surface area contributed by atoms with Gasteiger partial charge in [-0.3, -0.25) is 9.98 Å². The lowest BCUT2D eigenvalue weighted by atomic mass is 10.1. The third-order valence-electron chi connectivity index (χ3n) is 3.91. The SMILES string of the molecule is Cc1nc(COCCNC(=O)n2cc(-c3ccc(OC(F)(F)F)cc3)ccc2=N)no1. The highest BCUT2D eigenvalue weighted by Gasteiger charge is 2.30. The van der Waals surface area contributed by atoms with Crippen LogP contribution >= 0.6 is 0 Å². The third-order valence-corrected chi connectivity index (χ3v) is 3.91. The molecule has 9 nitrogen and oxygen atoms in total. The van der Waals surface area contributed by atoms with Crippen LogP contribution in [0.4, 0.5) is 18.0 Å². The molecular formula is C19H18F3N5O4. The van der Waals surface area contributed by atoms with Gasteiger partial charge in [0.15, 0.2) is 5.82 Å². The lowest BCUT2D eigenvalue weighted by Crippen LogP contribution is -2.37. The molecule has 31 heavy (non-hydrogen) atoms. The third kappa shape index (κ3) is 6.40. The van der Waals surface area contributed by atoms with E-state index in [0.717, 1.165) is 4.57 Å². The maximum absolute atomic E-state index is 12.4. The molecule has 0 saturated heterocycles. The van der Waals surface area contributed by atoms with Gasteiger partial charge in [0.1, 0.15) is 17.8 Å². The molecule has 2 aromatic heterocycles. The van der Waals surface area contributed by atoms with Crippen LogP contribution in [0.25, 0.3) is 11.1 Å². The highest BCUT2D eigenvalue weighted by Crippen LogP contribution is 2.26. The summed E-state index contributed by atoms with van der Waals surface area (Å²) in [6.07, 6.45) is -3.36. The van der Waals surface area contributed by atoms with Gasteiger partial charge in [0.05, 0.1) is 6.61 Å². The number of aromatic nitrogens is 3. The molecule has 164 valence electrons. The van der Waals surface area contributed by atoms with Gasteiger partial charge in [-0.25, -0.2) is 4.79 Å². The fourth-order valence-corrected chi connectivity index (χ4v) is 2.57. The van der Waals surface area contributed by atoms with E-state index in [9.17, 15) is 18.0 Å². The Bertz CT molecular complexity index is 1090. The van der Waals surface area contributed by atoms with Crippen LogP contribution in [0.3, 0.4) is 0 Å². The van der Waals surface area contributed by atoms with Gasteiger partial charge < -0.3 is 19.3 Å². The van der Waals surface area contributed by atoms with Crippen molar-refractivity contribution >= 4 is 6.03 Å². The van der Waals surface area contributed by atoms with E-state index in [-0.39, 0.29) is 31.0 Å². The first-order valence-corrected chi connectivity index (χ1v) is 9.00. The summed E-state index contributed by atoms with van der Waals surface area (Å²) in [4.78, 5) is 16.4. The minimum atomic E-state index is -4.77. The lowest BCUT2D eigenvalue weighted by Gasteiger charge is -2.11. The zero-order chi connectivity index (χ0) is 22.4. The molecule has 0 aliphatic heterocycles. The number of ether oxygens (including phenoxy) is 2. The molecule has 0 fully saturated rings. The zero-order valence-electron chi connectivity index (χ0n) is 16.3. The average molecular weight is 437 g/mol. The van der Waals surface area contributed by atoms with Gasteiger partial charge in [-0.2, -0.15) is 4.98 Å². The van der Waals surface area contributed by atoms with Crippen LogP contribution in [0, 0.1) is 12.3 Å². The minimum absolute atomic E-state index is 0.0681. The topological polar surface area (TPSA) is 115 Å². The van der Waals surface area contributed by atoms with Crippen molar-refractivity contribution in [2.24, 2.45) is 0 Å². The van der Waals surface area contributed by atoms with Crippen LogP contribution in [0.5, 0.6) is 5.75 Å². The first kappa shape index (κ1) is 22.0. The molecule has 0 saturated carbocycles. The Morgan fingerprint density at radius 2 is 1.90 bits per heavy atom. The van der Waals surface area contributed by atoms with E-state index >= 15 is 0 Å². The highest BCUT2D eigenvalue weighted by atomic mass is 19.4. The molecule has 0 radical (unpaired) electrons. The molecule has 1 aromatic carbocycles. The van der Waals surface area contributed by atoms with E-state index < -0.39 is 12.4 Å². The van der Waals surface area contributed by atoms with Gasteiger partial charge >= 0.3 is 12.4 Å². The Labute approximate surface area is 173 Å². The summed E-state index contributed by atoms with van der Waals surface area (Å²) < 4.78 is 51.9. The number of halogens is 3. The molecule has 2 N–H and O–H groups in total. The van der Waals surface area contributed by atoms with Crippen molar-refractivity contribution in [2.75, 3.05) is 13.2 Å². The monoisotopic (exact) mass is 437 g/mol. The number of amides is 1. The summed E-state index contributed by atoms with van der Waals surface area (Å²) >= 11 is 0. The van der Waals surface area contributed by atoms with Gasteiger partial charge in [0.25, 0.3) is 0 Å². The molecule has 1 amide bonds. The second-order valence-electron chi connectivity index (χ2n) is 6.26. The molecular weight excluding hydrogens is 419 g/mol. The van der Waals surface area contributed by atoms with Crippen LogP contribution in [-0.2, 0) is 11.3 Å². The molecule has 2 heterocycles. The number of rotatable bonds is 7. The van der Waals surface area contributed by atoms with Crippen molar-refractivity contribution in [2.45, 2.75) is 19.9 Å². The Balaban J connectivity index is 1.58. The molecule has 12 heteroatoms. The molecule has 0 atom stereocenters. The molecule has 0 bridgehead atoms. The smallest absolute Gasteiger partial charge is 0.406 e. The van der Waals surface area contributed by atoms with E-state index in [1.54, 1.807) is 13.0 Å². The first-order valence-electron chi connectivity index (χ1n) is 9.00. The fourth-order valence-electron chi connectivity index (χ4n) is 2.57. The van der Waals surface area contributed by atoms with E-state index in [0.29, 0.717) is 22.8 Å². The van der Waals surface area contributed by atoms with E-state index in [2.05, 4.69) is 20.2 Å². The number of hydrogen-bond acceptors (Lipinski definition) is 7. The fraction of sp³-hybridized carbons (Fsp3) is 0.263. The molecule has 3 aromatic rings. The normalized spacial score (nSPS) is 11.4. The molecule has 0 unspecified atom stereocenters. The summed E-state index contributed by atoms with van der Waals surface area (Å²) in [5, 5.41) is 14.2. The molecule has 0 aliphatic carbocycles. The van der Waals surface area contributed by atoms with Crippen LogP contribution in [0.15, 0.2) is 47.1 Å². The highest BCUT2D eigenvalue weighted by molar-refractivity contribution is 5.78. The first-order chi connectivity index (χ1) is 14.7. The molecule has 3 rings (SSSR count). The number of benzene rings is 1. The van der Waals surface area contributed by atoms with Gasteiger partial charge in [-0.1, -0.05) is 17.3 Å². The van der Waals surface area contributed by atoms with Crippen LogP contribution in [-0.4, -0.2) is 40.3 Å². The largest absolute Gasteiger partial charge is 0.573 e. The van der Waals surface area contributed by atoms with E-state index in [4.69, 9.17) is 14.7 Å². The summed E-state index contributed by atoms with van der Waals surface area (Å²) in [7, 11) is 0. The number of carbonyl (C=O) groups excluding carboxylic acids is 1. The second kappa shape index (κ2) is 9.43. The van der Waals surface area contributed by atoms with Crippen molar-refractivity contribution < 1.29 is 32.0 Å². The van der Waals surface area contributed by atoms with E-state index in [1.807, 2.05) is 0 Å². The van der Waals surface area contributed by atoms with Gasteiger partial charge in [-0.15, -0.1) is 13.2 Å². The van der Waals surface area contributed by atoms with Crippen molar-refractivity contribution in [3.05, 3.63) is 59.8 Å². The van der Waals surface area contributed by atoms with Crippen molar-refractivity contribution in [3.8, 4) is 16.9 Å². The molecule has 0 spiro atoms. The predicted octanol–water partition coefficient (Wildman–Crippen LogP) is 3.00. The van der Waals surface area contributed by atoms with Crippen molar-refractivity contribution in [1.82, 2.24) is 20.0 Å². The zero-order valence-corrected chi connectivity index (χ0v) is 16.3. The number of nitrogens with one attached hydrogen (secondary N) is 2. The number of hydrogen-bond donors (Lipinski definition) is 2. The Hall–Kier alpha value is -3.67. The minimum Gasteiger partial charge on any atom is -0.406 e. The predicted molar refractivity (Wildman–Crippen MR) is 99.9 cm³/mol. The van der Waals surface area contributed by atoms with Crippen LogP contribution in [0.2, 0.25) is 0 Å². The maximum atomic E-state index is 12.4. The van der Waals surface area contributed by atoms with Crippen molar-refractivity contribution in [3.63, 3.8) is 0 Å². The molecule has 0 aliphatic rings. The second-order valence-corrected chi connectivity index (χ2v) is 6.26. The summed E-state index contributed by atoms with van der Waals surface area (Å²) in [5.41, 5.74) is 1.02. The van der Waals surface area contributed by atoms with Crippen LogP contribution in [0.1, 0.15) is 11.7 Å². The maximum Gasteiger partial charge on any atom is 0.573 e. The summed E-state index contributed by atoms with van der Waals surface area (Å²) in [6.45, 7) is 2.15. The summed E-state index contributed by atoms with van der Waals surface area (Å²) in [6, 6.07) is 7.63. The standard InChI is InChI=1S/C19H18F3N5O4/c1-12-25-17(26-31-12)11-29-9-8-24-18(28)27-10-14(4-7-16(27)23)13-2-5-15(6-3-13)30-19(20,21)22/h2-7,10,23H,8-9,11H2,1H3,(H,24,28). The number of nitrogens with zero attached hydrogens (tertiary/aromatic N) is 3. The van der Waals surface area contributed by atoms with Crippen molar-refractivity contribution in [1.29, 1.82) is 5.41 Å².